The smallest absolute Gasteiger partial charge is 0.416 e. The van der Waals surface area contributed by atoms with Crippen molar-refractivity contribution in [1.29, 1.82) is 0 Å². The second kappa shape index (κ2) is 14.7. The van der Waals surface area contributed by atoms with Gasteiger partial charge in [-0.05, 0) is 54.3 Å². The second-order valence-electron chi connectivity index (χ2n) is 11.4. The van der Waals surface area contributed by atoms with Crippen LogP contribution < -0.4 is 15.0 Å². The normalized spacial score (nSPS) is 16.7. The molecule has 2 N–H and O–H groups in total. The van der Waals surface area contributed by atoms with Crippen molar-refractivity contribution < 1.29 is 50.1 Å². The molecule has 0 aromatic heterocycles. The first-order valence-corrected chi connectivity index (χ1v) is 16.1. The molecule has 2 amide bonds. The second-order valence-corrected chi connectivity index (χ2v) is 13.4. The van der Waals surface area contributed by atoms with Crippen LogP contribution in [0.4, 0.5) is 28.0 Å². The van der Waals surface area contributed by atoms with Crippen molar-refractivity contribution >= 4 is 27.7 Å². The first-order chi connectivity index (χ1) is 22.1. The number of nitrogens with one attached hydrogen (secondary N) is 1. The molecule has 10 nitrogen and oxygen atoms in total. The van der Waals surface area contributed by atoms with Gasteiger partial charge in [0.2, 0.25) is 10.0 Å². The van der Waals surface area contributed by atoms with Crippen LogP contribution in [0.5, 0.6) is 5.75 Å². The van der Waals surface area contributed by atoms with Crippen LogP contribution >= 0.6 is 0 Å². The number of nitrogens with zero attached hydrogens (tertiary/aromatic N) is 2. The maximum atomic E-state index is 14.5. The lowest BCUT2D eigenvalue weighted by molar-refractivity contribution is -0.137. The maximum Gasteiger partial charge on any atom is 0.416 e. The molecule has 3 atom stereocenters. The largest absolute Gasteiger partial charge is 0.494 e. The fraction of sp³-hybridized carbons (Fsp3) is 0.375. The van der Waals surface area contributed by atoms with Crippen molar-refractivity contribution in [2.75, 3.05) is 31.6 Å². The molecule has 47 heavy (non-hydrogen) atoms. The van der Waals surface area contributed by atoms with E-state index in [9.17, 15) is 40.7 Å². The third-order valence-electron chi connectivity index (χ3n) is 7.40. The Morgan fingerprint density at radius 2 is 1.79 bits per heavy atom. The predicted molar refractivity (Wildman–Crippen MR) is 164 cm³/mol. The molecule has 3 aromatic carbocycles. The summed E-state index contributed by atoms with van der Waals surface area (Å²) in [5, 5.41) is 14.1. The number of carbonyl (C=O) groups is 2. The Hall–Kier alpha value is -4.21. The summed E-state index contributed by atoms with van der Waals surface area (Å²) >= 11 is 0. The molecule has 4 rings (SSSR count). The van der Waals surface area contributed by atoms with Crippen molar-refractivity contribution in [3.8, 4) is 5.75 Å². The number of sulfonamides is 1. The third kappa shape index (κ3) is 8.78. The highest BCUT2D eigenvalue weighted by Crippen LogP contribution is 2.33. The number of halogens is 4. The third-order valence-corrected chi connectivity index (χ3v) is 9.23. The van der Waals surface area contributed by atoms with E-state index in [4.69, 9.17) is 9.47 Å². The molecule has 254 valence electrons. The standard InChI is InChI=1S/C32H35F4N3O7S/c1-20(2)17-38(47(43,44)24-12-13-28(45-3)25(33)16-24)18-27(40)26(14-21-8-5-4-6-9-21)37-30(41)29-19-39(31(42)46-29)23-11-7-10-22(15-23)32(34,35)36/h4-13,15-16,20,26-27,29,40H,14,17-19H2,1-3H3,(H,37,41)/t26-,27+,29-/m0/s1. The number of methoxy groups -OCH3 is 1. The Labute approximate surface area is 269 Å². The SMILES string of the molecule is COc1ccc(S(=O)(=O)N(CC(C)C)C[C@@H](O)[C@H](Cc2ccccc2)NC(=O)[C@@H]2CN(c3cccc(C(F)(F)F)c3)C(=O)O2)cc1F. The van der Waals surface area contributed by atoms with Gasteiger partial charge in [0.15, 0.2) is 17.7 Å². The van der Waals surface area contributed by atoms with Crippen molar-refractivity contribution in [3.05, 3.63) is 89.7 Å². The zero-order valence-electron chi connectivity index (χ0n) is 25.8. The van der Waals surface area contributed by atoms with Crippen molar-refractivity contribution in [2.24, 2.45) is 5.92 Å². The monoisotopic (exact) mass is 681 g/mol. The Kier molecular flexibility index (Phi) is 11.1. The van der Waals surface area contributed by atoms with Crippen LogP contribution in [0.25, 0.3) is 0 Å². The van der Waals surface area contributed by atoms with Gasteiger partial charge in [-0.1, -0.05) is 50.2 Å². The number of carbonyl (C=O) groups excluding carboxylic acids is 2. The van der Waals surface area contributed by atoms with Crippen LogP contribution in [0.1, 0.15) is 25.0 Å². The first kappa shape index (κ1) is 35.6. The number of aliphatic hydroxyl groups is 1. The number of alkyl halides is 3. The summed E-state index contributed by atoms with van der Waals surface area (Å²) in [4.78, 5) is 26.5. The van der Waals surface area contributed by atoms with E-state index in [1.807, 2.05) is 0 Å². The van der Waals surface area contributed by atoms with Crippen LogP contribution in [-0.4, -0.2) is 74.8 Å². The molecular formula is C32H35F4N3O7S. The van der Waals surface area contributed by atoms with Gasteiger partial charge in [-0.15, -0.1) is 0 Å². The van der Waals surface area contributed by atoms with Crippen LogP contribution in [0.15, 0.2) is 77.7 Å². The van der Waals surface area contributed by atoms with Gasteiger partial charge in [0.05, 0.1) is 36.3 Å². The minimum absolute atomic E-state index is 0.0402. The van der Waals surface area contributed by atoms with E-state index >= 15 is 0 Å². The van der Waals surface area contributed by atoms with Gasteiger partial charge >= 0.3 is 12.3 Å². The summed E-state index contributed by atoms with van der Waals surface area (Å²) in [6.45, 7) is 2.57. The minimum atomic E-state index is -4.66. The predicted octanol–water partition coefficient (Wildman–Crippen LogP) is 4.61. The number of amides is 2. The molecule has 0 saturated carbocycles. The number of hydrogen-bond acceptors (Lipinski definition) is 7. The minimum Gasteiger partial charge on any atom is -0.494 e. The van der Waals surface area contributed by atoms with Crippen LogP contribution in [0.2, 0.25) is 0 Å². The zero-order chi connectivity index (χ0) is 34.5. The van der Waals surface area contributed by atoms with Crippen LogP contribution in [0.3, 0.4) is 0 Å². The fourth-order valence-electron chi connectivity index (χ4n) is 5.06. The maximum absolute atomic E-state index is 14.5. The van der Waals surface area contributed by atoms with E-state index in [0.29, 0.717) is 5.56 Å². The molecule has 0 radical (unpaired) electrons. The molecule has 0 aliphatic carbocycles. The Morgan fingerprint density at radius 1 is 1.09 bits per heavy atom. The quantitative estimate of drug-likeness (QED) is 0.253. The molecular weight excluding hydrogens is 646 g/mol. The average Bonchev–Trinajstić information content (AvgIpc) is 3.41. The topological polar surface area (TPSA) is 125 Å². The number of benzene rings is 3. The van der Waals surface area contributed by atoms with Crippen LogP contribution in [-0.2, 0) is 32.2 Å². The van der Waals surface area contributed by atoms with Crippen molar-refractivity contribution in [1.82, 2.24) is 9.62 Å². The van der Waals surface area contributed by atoms with Crippen LogP contribution in [0, 0.1) is 11.7 Å². The van der Waals surface area contributed by atoms with Gasteiger partial charge in [-0.25, -0.2) is 17.6 Å². The van der Waals surface area contributed by atoms with Gasteiger partial charge < -0.3 is 19.9 Å². The highest BCUT2D eigenvalue weighted by atomic mass is 32.2. The molecule has 1 aliphatic rings. The molecule has 1 heterocycles. The van der Waals surface area contributed by atoms with E-state index in [0.717, 1.165) is 33.5 Å². The molecule has 0 bridgehead atoms. The molecule has 0 spiro atoms. The summed E-state index contributed by atoms with van der Waals surface area (Å²) in [6.07, 6.45) is -8.60. The molecule has 0 unspecified atom stereocenters. The Balaban J connectivity index is 1.56. The lowest BCUT2D eigenvalue weighted by atomic mass is 10.0. The summed E-state index contributed by atoms with van der Waals surface area (Å²) in [5.41, 5.74) is -0.424. The van der Waals surface area contributed by atoms with Crippen molar-refractivity contribution in [2.45, 2.75) is 49.6 Å². The number of aliphatic hydroxyl groups excluding tert-OH is 1. The van der Waals surface area contributed by atoms with Gasteiger partial charge in [0.1, 0.15) is 0 Å². The number of ether oxygens (including phenoxy) is 2. The first-order valence-electron chi connectivity index (χ1n) is 14.6. The molecule has 3 aromatic rings. The van der Waals surface area contributed by atoms with E-state index < -0.39 is 70.9 Å². The van der Waals surface area contributed by atoms with E-state index in [-0.39, 0.29) is 35.2 Å². The summed E-state index contributed by atoms with van der Waals surface area (Å²) < 4.78 is 92.6. The fourth-order valence-corrected chi connectivity index (χ4v) is 6.69. The molecule has 1 aliphatic heterocycles. The van der Waals surface area contributed by atoms with Gasteiger partial charge in [0.25, 0.3) is 5.91 Å². The molecule has 1 saturated heterocycles. The Morgan fingerprint density at radius 3 is 2.40 bits per heavy atom. The average molecular weight is 682 g/mol. The zero-order valence-corrected chi connectivity index (χ0v) is 26.6. The lowest BCUT2D eigenvalue weighted by Gasteiger charge is -2.31. The molecule has 15 heteroatoms. The molecule has 1 fully saturated rings. The number of cyclic esters (lactones) is 1. The van der Waals surface area contributed by atoms with Crippen molar-refractivity contribution in [3.63, 3.8) is 0 Å². The highest BCUT2D eigenvalue weighted by Gasteiger charge is 2.40. The van der Waals surface area contributed by atoms with Gasteiger partial charge in [-0.3, -0.25) is 9.69 Å². The summed E-state index contributed by atoms with van der Waals surface area (Å²) in [7, 11) is -3.10. The van der Waals surface area contributed by atoms with E-state index in [2.05, 4.69) is 5.32 Å². The van der Waals surface area contributed by atoms with Gasteiger partial charge in [0, 0.05) is 18.8 Å². The summed E-state index contributed by atoms with van der Waals surface area (Å²) in [5.74, 6) is -2.09. The Bertz CT molecular complexity index is 1670. The lowest BCUT2D eigenvalue weighted by Crippen LogP contribution is -2.53. The summed E-state index contributed by atoms with van der Waals surface area (Å²) in [6, 6.07) is 14.8. The number of rotatable bonds is 13. The van der Waals surface area contributed by atoms with E-state index in [1.165, 1.54) is 25.3 Å². The highest BCUT2D eigenvalue weighted by molar-refractivity contribution is 7.89. The van der Waals surface area contributed by atoms with E-state index in [1.54, 1.807) is 44.2 Å². The number of hydrogen-bond donors (Lipinski definition) is 2. The number of anilines is 1. The van der Waals surface area contributed by atoms with Gasteiger partial charge in [-0.2, -0.15) is 17.5 Å².